The van der Waals surface area contributed by atoms with Gasteiger partial charge in [0.1, 0.15) is 6.61 Å². The Bertz CT molecular complexity index is 221. The van der Waals surface area contributed by atoms with Crippen LogP contribution >= 0.6 is 11.3 Å². The van der Waals surface area contributed by atoms with Crippen molar-refractivity contribution >= 4 is 17.8 Å². The van der Waals surface area contributed by atoms with Crippen LogP contribution in [0.25, 0.3) is 0 Å². The lowest BCUT2D eigenvalue weighted by atomic mass is 10.4. The summed E-state index contributed by atoms with van der Waals surface area (Å²) >= 11 is 1.55. The van der Waals surface area contributed by atoms with Crippen molar-refractivity contribution in [3.8, 4) is 0 Å². The Balaban J connectivity index is 2.56. The van der Waals surface area contributed by atoms with Crippen LogP contribution < -0.4 is 0 Å². The minimum Gasteiger partial charge on any atom is -0.461 e. The van der Waals surface area contributed by atoms with Crippen LogP contribution in [0.2, 0.25) is 0 Å². The molecular formula is C6H7NO2S. The van der Waals surface area contributed by atoms with E-state index in [4.69, 9.17) is 0 Å². The molecule has 0 aromatic carbocycles. The van der Waals surface area contributed by atoms with Crippen molar-refractivity contribution in [2.24, 2.45) is 0 Å². The fraction of sp³-hybridized carbons (Fsp3) is 0.333. The maximum atomic E-state index is 9.76. The van der Waals surface area contributed by atoms with Crippen molar-refractivity contribution in [3.05, 3.63) is 16.1 Å². The van der Waals surface area contributed by atoms with Crippen LogP contribution in [-0.2, 0) is 16.1 Å². The SMILES string of the molecule is Cc1scnc1COC=O. The number of nitrogens with zero attached hydrogens (tertiary/aromatic N) is 1. The zero-order chi connectivity index (χ0) is 7.40. The minimum absolute atomic E-state index is 0.291. The zero-order valence-corrected chi connectivity index (χ0v) is 6.35. The number of carbonyl (C=O) groups excluding carboxylic acids is 1. The number of carbonyl (C=O) groups is 1. The summed E-state index contributed by atoms with van der Waals surface area (Å²) in [7, 11) is 0. The lowest BCUT2D eigenvalue weighted by Gasteiger charge is -1.93. The topological polar surface area (TPSA) is 39.2 Å². The van der Waals surface area contributed by atoms with E-state index in [9.17, 15) is 4.79 Å². The molecule has 0 fully saturated rings. The number of aromatic nitrogens is 1. The van der Waals surface area contributed by atoms with E-state index < -0.39 is 0 Å². The third-order valence-electron chi connectivity index (χ3n) is 1.13. The average molecular weight is 157 g/mol. The van der Waals surface area contributed by atoms with E-state index in [1.807, 2.05) is 6.92 Å². The monoisotopic (exact) mass is 157 g/mol. The van der Waals surface area contributed by atoms with Gasteiger partial charge in [0.25, 0.3) is 6.47 Å². The van der Waals surface area contributed by atoms with Gasteiger partial charge in [0.05, 0.1) is 11.2 Å². The molecule has 0 saturated heterocycles. The lowest BCUT2D eigenvalue weighted by Crippen LogP contribution is -1.91. The Morgan fingerprint density at radius 3 is 3.20 bits per heavy atom. The van der Waals surface area contributed by atoms with E-state index in [-0.39, 0.29) is 0 Å². The van der Waals surface area contributed by atoms with Crippen molar-refractivity contribution < 1.29 is 9.53 Å². The molecule has 0 N–H and O–H groups in total. The van der Waals surface area contributed by atoms with Gasteiger partial charge < -0.3 is 4.74 Å². The van der Waals surface area contributed by atoms with Gasteiger partial charge in [-0.3, -0.25) is 4.79 Å². The first-order chi connectivity index (χ1) is 4.84. The normalized spacial score (nSPS) is 9.30. The highest BCUT2D eigenvalue weighted by atomic mass is 32.1. The largest absolute Gasteiger partial charge is 0.461 e. The summed E-state index contributed by atoms with van der Waals surface area (Å²) in [5.41, 5.74) is 2.58. The predicted octanol–water partition coefficient (Wildman–Crippen LogP) is 1.12. The van der Waals surface area contributed by atoms with Gasteiger partial charge in [0, 0.05) is 4.88 Å². The van der Waals surface area contributed by atoms with Crippen molar-refractivity contribution in [3.63, 3.8) is 0 Å². The van der Waals surface area contributed by atoms with Gasteiger partial charge >= 0.3 is 0 Å². The molecule has 0 radical (unpaired) electrons. The Kier molecular flexibility index (Phi) is 2.39. The van der Waals surface area contributed by atoms with Gasteiger partial charge in [-0.2, -0.15) is 0 Å². The molecule has 1 aromatic rings. The molecule has 0 atom stereocenters. The molecule has 0 aliphatic carbocycles. The molecule has 1 aromatic heterocycles. The summed E-state index contributed by atoms with van der Waals surface area (Å²) in [6, 6.07) is 0. The van der Waals surface area contributed by atoms with Crippen LogP contribution in [0.15, 0.2) is 5.51 Å². The van der Waals surface area contributed by atoms with Crippen LogP contribution in [-0.4, -0.2) is 11.5 Å². The van der Waals surface area contributed by atoms with E-state index in [2.05, 4.69) is 9.72 Å². The van der Waals surface area contributed by atoms with Crippen molar-refractivity contribution in [2.75, 3.05) is 0 Å². The van der Waals surface area contributed by atoms with Gasteiger partial charge in [-0.25, -0.2) is 4.98 Å². The smallest absolute Gasteiger partial charge is 0.293 e. The molecule has 0 spiro atoms. The Labute approximate surface area is 62.7 Å². The highest BCUT2D eigenvalue weighted by Gasteiger charge is 1.99. The molecule has 0 aliphatic rings. The van der Waals surface area contributed by atoms with Crippen molar-refractivity contribution in [1.82, 2.24) is 4.98 Å². The maximum absolute atomic E-state index is 9.76. The number of rotatable bonds is 3. The zero-order valence-electron chi connectivity index (χ0n) is 5.53. The maximum Gasteiger partial charge on any atom is 0.293 e. The van der Waals surface area contributed by atoms with Gasteiger partial charge in [0.15, 0.2) is 0 Å². The summed E-state index contributed by atoms with van der Waals surface area (Å²) in [6.07, 6.45) is 0. The van der Waals surface area contributed by atoms with Gasteiger partial charge in [0.2, 0.25) is 0 Å². The summed E-state index contributed by atoms with van der Waals surface area (Å²) in [5, 5.41) is 0. The highest BCUT2D eigenvalue weighted by Crippen LogP contribution is 2.11. The molecule has 1 heterocycles. The van der Waals surface area contributed by atoms with Gasteiger partial charge in [-0.05, 0) is 6.92 Å². The number of thiazole rings is 1. The van der Waals surface area contributed by atoms with Crippen LogP contribution in [0, 0.1) is 6.92 Å². The molecule has 0 saturated carbocycles. The number of hydrogen-bond donors (Lipinski definition) is 0. The fourth-order valence-electron chi connectivity index (χ4n) is 0.580. The molecule has 0 amide bonds. The summed E-state index contributed by atoms with van der Waals surface area (Å²) in [6.45, 7) is 2.67. The first-order valence-corrected chi connectivity index (χ1v) is 3.66. The lowest BCUT2D eigenvalue weighted by molar-refractivity contribution is -0.129. The standard InChI is InChI=1S/C6H7NO2S/c1-5-6(2-9-4-8)7-3-10-5/h3-4H,2H2,1H3. The Morgan fingerprint density at radius 2 is 2.70 bits per heavy atom. The molecule has 0 aliphatic heterocycles. The Morgan fingerprint density at radius 1 is 1.90 bits per heavy atom. The second-order valence-corrected chi connectivity index (χ2v) is 2.82. The molecule has 3 nitrogen and oxygen atoms in total. The first-order valence-electron chi connectivity index (χ1n) is 2.79. The third-order valence-corrected chi connectivity index (χ3v) is 1.93. The molecule has 10 heavy (non-hydrogen) atoms. The molecule has 54 valence electrons. The average Bonchev–Trinajstić information content (AvgIpc) is 2.31. The van der Waals surface area contributed by atoms with E-state index in [1.165, 1.54) is 0 Å². The number of aryl methyl sites for hydroxylation is 1. The van der Waals surface area contributed by atoms with E-state index in [1.54, 1.807) is 16.8 Å². The molecule has 4 heteroatoms. The number of ether oxygens (including phenoxy) is 1. The van der Waals surface area contributed by atoms with Crippen LogP contribution in [0.5, 0.6) is 0 Å². The summed E-state index contributed by atoms with van der Waals surface area (Å²) < 4.78 is 4.52. The van der Waals surface area contributed by atoms with Crippen molar-refractivity contribution in [1.29, 1.82) is 0 Å². The van der Waals surface area contributed by atoms with E-state index in [0.717, 1.165) is 10.6 Å². The second-order valence-electron chi connectivity index (χ2n) is 1.76. The molecule has 0 bridgehead atoms. The highest BCUT2D eigenvalue weighted by molar-refractivity contribution is 7.09. The quantitative estimate of drug-likeness (QED) is 0.617. The molecule has 1 rings (SSSR count). The van der Waals surface area contributed by atoms with Gasteiger partial charge in [-0.1, -0.05) is 0 Å². The molecule has 0 unspecified atom stereocenters. The number of hydrogen-bond acceptors (Lipinski definition) is 4. The molecular weight excluding hydrogens is 150 g/mol. The van der Waals surface area contributed by atoms with Crippen LogP contribution in [0.3, 0.4) is 0 Å². The van der Waals surface area contributed by atoms with E-state index in [0.29, 0.717) is 13.1 Å². The third kappa shape index (κ3) is 1.54. The first kappa shape index (κ1) is 7.21. The van der Waals surface area contributed by atoms with E-state index >= 15 is 0 Å². The summed E-state index contributed by atoms with van der Waals surface area (Å²) in [5.74, 6) is 0. The second kappa shape index (κ2) is 3.31. The Hall–Kier alpha value is -0.900. The van der Waals surface area contributed by atoms with Crippen molar-refractivity contribution in [2.45, 2.75) is 13.5 Å². The fourth-order valence-corrected chi connectivity index (χ4v) is 1.17. The van der Waals surface area contributed by atoms with Gasteiger partial charge in [-0.15, -0.1) is 11.3 Å². The summed E-state index contributed by atoms with van der Waals surface area (Å²) in [4.78, 5) is 14.9. The van der Waals surface area contributed by atoms with Crippen LogP contribution in [0.1, 0.15) is 10.6 Å². The predicted molar refractivity (Wildman–Crippen MR) is 37.7 cm³/mol. The minimum atomic E-state index is 0.291. The van der Waals surface area contributed by atoms with Crippen LogP contribution in [0.4, 0.5) is 0 Å².